The van der Waals surface area contributed by atoms with Crippen LogP contribution in [0.5, 0.6) is 0 Å². The maximum atomic E-state index is 12.2. The second kappa shape index (κ2) is 9.07. The molecule has 0 N–H and O–H groups in total. The van der Waals surface area contributed by atoms with Crippen LogP contribution < -0.4 is 0 Å². The van der Waals surface area contributed by atoms with Crippen molar-refractivity contribution in [2.24, 2.45) is 0 Å². The summed E-state index contributed by atoms with van der Waals surface area (Å²) in [5, 5.41) is 0. The topological polar surface area (TPSA) is 56.6 Å². The molecule has 0 unspecified atom stereocenters. The van der Waals surface area contributed by atoms with Crippen LogP contribution in [0.4, 0.5) is 0 Å². The zero-order valence-electron chi connectivity index (χ0n) is 13.6. The number of rotatable bonds is 9. The number of hydrogen-bond donors (Lipinski definition) is 0. The van der Waals surface area contributed by atoms with Crippen LogP contribution in [0.1, 0.15) is 11.4 Å². The van der Waals surface area contributed by atoms with Gasteiger partial charge < -0.3 is 18.9 Å². The summed E-state index contributed by atoms with van der Waals surface area (Å²) in [6.07, 6.45) is 3.69. The van der Waals surface area contributed by atoms with Crippen LogP contribution in [0.25, 0.3) is 0 Å². The predicted molar refractivity (Wildman–Crippen MR) is 86.9 cm³/mol. The van der Waals surface area contributed by atoms with Gasteiger partial charge in [0.2, 0.25) is 5.91 Å². The normalized spacial score (nSPS) is 10.7. The molecule has 0 saturated carbocycles. The lowest BCUT2D eigenvalue weighted by molar-refractivity contribution is -0.136. The molecule has 0 aliphatic rings. The number of methoxy groups -OCH3 is 2. The zero-order valence-corrected chi connectivity index (χ0v) is 13.6. The van der Waals surface area contributed by atoms with Crippen molar-refractivity contribution in [2.75, 3.05) is 34.0 Å². The molecule has 0 radical (unpaired) electrons. The van der Waals surface area contributed by atoms with E-state index in [2.05, 4.69) is 21.7 Å². The quantitative estimate of drug-likeness (QED) is 0.704. The maximum absolute atomic E-state index is 12.2. The summed E-state index contributed by atoms with van der Waals surface area (Å²) >= 11 is 0. The van der Waals surface area contributed by atoms with Gasteiger partial charge >= 0.3 is 0 Å². The Hall–Kier alpha value is -2.18. The van der Waals surface area contributed by atoms with Gasteiger partial charge in [-0.15, -0.1) is 0 Å². The van der Waals surface area contributed by atoms with E-state index in [9.17, 15) is 4.79 Å². The number of aromatic nitrogens is 2. The molecule has 1 aromatic heterocycles. The number of ether oxygens (including phenoxy) is 2. The fraction of sp³-hybridized carbons (Fsp3) is 0.412. The molecule has 0 atom stereocenters. The van der Waals surface area contributed by atoms with Crippen molar-refractivity contribution < 1.29 is 14.3 Å². The van der Waals surface area contributed by atoms with E-state index in [1.807, 2.05) is 24.4 Å². The van der Waals surface area contributed by atoms with Gasteiger partial charge in [-0.25, -0.2) is 4.98 Å². The summed E-state index contributed by atoms with van der Waals surface area (Å²) in [4.78, 5) is 18.2. The van der Waals surface area contributed by atoms with Gasteiger partial charge in [-0.1, -0.05) is 30.3 Å². The molecule has 2 aromatic rings. The number of carbonyl (C=O) groups excluding carboxylic acids is 1. The van der Waals surface area contributed by atoms with Crippen LogP contribution in [0.3, 0.4) is 0 Å². The summed E-state index contributed by atoms with van der Waals surface area (Å²) in [5.41, 5.74) is 1.19. The number of imidazole rings is 1. The van der Waals surface area contributed by atoms with Crippen molar-refractivity contribution in [3.63, 3.8) is 0 Å². The second-order valence-electron chi connectivity index (χ2n) is 5.20. The van der Waals surface area contributed by atoms with Crippen molar-refractivity contribution in [3.05, 3.63) is 54.1 Å². The van der Waals surface area contributed by atoms with Crippen molar-refractivity contribution >= 4 is 5.91 Å². The molecule has 0 spiro atoms. The highest BCUT2D eigenvalue weighted by atomic mass is 16.5. The Morgan fingerprint density at radius 1 is 1.22 bits per heavy atom. The Morgan fingerprint density at radius 2 is 2.00 bits per heavy atom. The Bertz CT molecular complexity index is 598. The Balaban J connectivity index is 2.07. The number of hydrogen-bond acceptors (Lipinski definition) is 4. The van der Waals surface area contributed by atoms with E-state index in [1.165, 1.54) is 12.7 Å². The lowest BCUT2D eigenvalue weighted by Crippen LogP contribution is -2.36. The number of benzene rings is 1. The number of amides is 1. The van der Waals surface area contributed by atoms with Gasteiger partial charge in [-0.3, -0.25) is 4.79 Å². The van der Waals surface area contributed by atoms with E-state index < -0.39 is 0 Å². The lowest BCUT2D eigenvalue weighted by atomic mass is 10.2. The molecule has 0 saturated heterocycles. The van der Waals surface area contributed by atoms with Crippen molar-refractivity contribution in [1.29, 1.82) is 0 Å². The van der Waals surface area contributed by atoms with E-state index >= 15 is 0 Å². The fourth-order valence-electron chi connectivity index (χ4n) is 2.29. The molecule has 2 rings (SSSR count). The molecule has 0 aliphatic carbocycles. The monoisotopic (exact) mass is 317 g/mol. The predicted octanol–water partition coefficient (Wildman–Crippen LogP) is 1.55. The van der Waals surface area contributed by atoms with Gasteiger partial charge in [-0.2, -0.15) is 0 Å². The molecule has 23 heavy (non-hydrogen) atoms. The minimum atomic E-state index is -0.0705. The van der Waals surface area contributed by atoms with Crippen LogP contribution in [-0.2, 0) is 27.4 Å². The van der Waals surface area contributed by atoms with Gasteiger partial charge in [0.1, 0.15) is 12.4 Å². The highest BCUT2D eigenvalue weighted by Gasteiger charge is 2.16. The molecule has 6 nitrogen and oxygen atoms in total. The van der Waals surface area contributed by atoms with Crippen LogP contribution in [0, 0.1) is 0 Å². The molecule has 6 heteroatoms. The van der Waals surface area contributed by atoms with Crippen molar-refractivity contribution in [3.8, 4) is 0 Å². The van der Waals surface area contributed by atoms with Gasteiger partial charge in [0.15, 0.2) is 0 Å². The third-order valence-corrected chi connectivity index (χ3v) is 3.52. The zero-order chi connectivity index (χ0) is 16.5. The van der Waals surface area contributed by atoms with E-state index in [1.54, 1.807) is 18.2 Å². The van der Waals surface area contributed by atoms with Gasteiger partial charge in [-0.05, 0) is 5.56 Å². The molecule has 0 aliphatic heterocycles. The van der Waals surface area contributed by atoms with E-state index in [4.69, 9.17) is 9.47 Å². The SMILES string of the molecule is COCCN(Cc1nccn1Cc1ccccc1)C(=O)COC. The molecular weight excluding hydrogens is 294 g/mol. The van der Waals surface area contributed by atoms with Crippen LogP contribution in [0.15, 0.2) is 42.7 Å². The van der Waals surface area contributed by atoms with Crippen LogP contribution >= 0.6 is 0 Å². The molecule has 0 fully saturated rings. The smallest absolute Gasteiger partial charge is 0.249 e. The minimum absolute atomic E-state index is 0.0586. The van der Waals surface area contributed by atoms with E-state index in [0.717, 1.165) is 12.4 Å². The van der Waals surface area contributed by atoms with Gasteiger partial charge in [0.25, 0.3) is 0 Å². The first kappa shape index (κ1) is 17.2. The minimum Gasteiger partial charge on any atom is -0.383 e. The van der Waals surface area contributed by atoms with E-state index in [-0.39, 0.29) is 12.5 Å². The first-order chi connectivity index (χ1) is 11.2. The van der Waals surface area contributed by atoms with Gasteiger partial charge in [0.05, 0.1) is 13.2 Å². The Morgan fingerprint density at radius 3 is 2.70 bits per heavy atom. The number of carbonyl (C=O) groups is 1. The maximum Gasteiger partial charge on any atom is 0.249 e. The highest BCUT2D eigenvalue weighted by molar-refractivity contribution is 5.77. The van der Waals surface area contributed by atoms with Crippen molar-refractivity contribution in [2.45, 2.75) is 13.1 Å². The standard InChI is InChI=1S/C17H23N3O3/c1-22-11-10-20(17(21)14-23-2)13-16-18-8-9-19(16)12-15-6-4-3-5-7-15/h3-9H,10-14H2,1-2H3. The third-order valence-electron chi connectivity index (χ3n) is 3.52. The third kappa shape index (κ3) is 5.19. The summed E-state index contributed by atoms with van der Waals surface area (Å²) < 4.78 is 12.1. The summed E-state index contributed by atoms with van der Waals surface area (Å²) in [6, 6.07) is 10.2. The molecule has 0 bridgehead atoms. The average molecular weight is 317 g/mol. The van der Waals surface area contributed by atoms with Crippen molar-refractivity contribution in [1.82, 2.24) is 14.5 Å². The fourth-order valence-corrected chi connectivity index (χ4v) is 2.29. The number of nitrogens with zero attached hydrogens (tertiary/aromatic N) is 3. The highest BCUT2D eigenvalue weighted by Crippen LogP contribution is 2.08. The van der Waals surface area contributed by atoms with Gasteiger partial charge in [0, 0.05) is 39.7 Å². The molecule has 1 heterocycles. The largest absolute Gasteiger partial charge is 0.383 e. The second-order valence-corrected chi connectivity index (χ2v) is 5.20. The average Bonchev–Trinajstić information content (AvgIpc) is 2.99. The summed E-state index contributed by atoms with van der Waals surface area (Å²) in [6.45, 7) is 2.22. The summed E-state index contributed by atoms with van der Waals surface area (Å²) in [5.74, 6) is 0.772. The summed E-state index contributed by atoms with van der Waals surface area (Å²) in [7, 11) is 3.14. The van der Waals surface area contributed by atoms with Crippen LogP contribution in [-0.4, -0.2) is 54.3 Å². The first-order valence-corrected chi connectivity index (χ1v) is 7.54. The first-order valence-electron chi connectivity index (χ1n) is 7.54. The molecule has 1 aromatic carbocycles. The van der Waals surface area contributed by atoms with E-state index in [0.29, 0.717) is 19.7 Å². The Kier molecular flexibility index (Phi) is 6.77. The Labute approximate surface area is 136 Å². The lowest BCUT2D eigenvalue weighted by Gasteiger charge is -2.22. The molecule has 124 valence electrons. The molecule has 1 amide bonds. The van der Waals surface area contributed by atoms with Crippen LogP contribution in [0.2, 0.25) is 0 Å². The molecular formula is C17H23N3O3.